The van der Waals surface area contributed by atoms with Crippen molar-refractivity contribution in [2.45, 2.75) is 57.5 Å². The molecular formula is C27H39N3O6. The van der Waals surface area contributed by atoms with Crippen LogP contribution in [-0.4, -0.2) is 55.9 Å². The molecule has 0 heterocycles. The third-order valence-electron chi connectivity index (χ3n) is 5.49. The number of amides is 2. The fraction of sp³-hybridized carbons (Fsp3) is 0.481. The van der Waals surface area contributed by atoms with E-state index >= 15 is 0 Å². The molecule has 1 rings (SSSR count). The molecule has 0 aliphatic rings. The van der Waals surface area contributed by atoms with Gasteiger partial charge in [0.05, 0.1) is 12.1 Å². The third kappa shape index (κ3) is 12.3. The number of unbranched alkanes of at least 4 members (excludes halogenated alkanes) is 1. The molecule has 2 amide bonds. The normalized spacial score (nSPS) is 12.9. The summed E-state index contributed by atoms with van der Waals surface area (Å²) in [4.78, 5) is 48.7. The summed E-state index contributed by atoms with van der Waals surface area (Å²) < 4.78 is 10.3. The number of carbonyl (C=O) groups excluding carboxylic acids is 4. The lowest BCUT2D eigenvalue weighted by molar-refractivity contribution is -0.134. The second-order valence-corrected chi connectivity index (χ2v) is 8.51. The Balaban J connectivity index is 2.96. The van der Waals surface area contributed by atoms with Gasteiger partial charge in [0, 0.05) is 19.3 Å². The van der Waals surface area contributed by atoms with Gasteiger partial charge in [-0.15, -0.1) is 6.58 Å². The molecule has 9 nitrogen and oxygen atoms in total. The van der Waals surface area contributed by atoms with Crippen molar-refractivity contribution in [1.29, 1.82) is 0 Å². The van der Waals surface area contributed by atoms with E-state index < -0.39 is 18.0 Å². The summed E-state index contributed by atoms with van der Waals surface area (Å²) in [5.74, 6) is -0.828. The van der Waals surface area contributed by atoms with Crippen molar-refractivity contribution in [3.63, 3.8) is 0 Å². The minimum absolute atomic E-state index is 0.00571. The average molecular weight is 502 g/mol. The van der Waals surface area contributed by atoms with Gasteiger partial charge in [0.2, 0.25) is 11.8 Å². The number of hydrogen-bond acceptors (Lipinski definition) is 7. The molecule has 0 fully saturated rings. The molecule has 9 heteroatoms. The van der Waals surface area contributed by atoms with Crippen molar-refractivity contribution >= 4 is 24.1 Å². The van der Waals surface area contributed by atoms with Crippen LogP contribution >= 0.6 is 0 Å². The molecule has 0 saturated carbocycles. The van der Waals surface area contributed by atoms with Crippen LogP contribution in [0.4, 0.5) is 0 Å². The number of nitrogens with one attached hydrogen (secondary N) is 2. The molecule has 0 unspecified atom stereocenters. The Morgan fingerprint density at radius 3 is 2.39 bits per heavy atom. The van der Waals surface area contributed by atoms with Crippen molar-refractivity contribution in [2.24, 2.45) is 11.7 Å². The lowest BCUT2D eigenvalue weighted by Gasteiger charge is -2.23. The van der Waals surface area contributed by atoms with Crippen LogP contribution in [0.15, 0.2) is 49.6 Å². The Labute approximate surface area is 213 Å². The summed E-state index contributed by atoms with van der Waals surface area (Å²) >= 11 is 0. The van der Waals surface area contributed by atoms with E-state index in [1.54, 1.807) is 24.3 Å². The highest BCUT2D eigenvalue weighted by atomic mass is 16.5. The van der Waals surface area contributed by atoms with Gasteiger partial charge >= 0.3 is 0 Å². The van der Waals surface area contributed by atoms with E-state index in [0.717, 1.165) is 12.0 Å². The number of ketones is 1. The molecule has 4 N–H and O–H groups in total. The van der Waals surface area contributed by atoms with E-state index in [4.69, 9.17) is 15.2 Å². The molecule has 36 heavy (non-hydrogen) atoms. The Bertz CT molecular complexity index is 856. The van der Waals surface area contributed by atoms with E-state index in [2.05, 4.69) is 23.8 Å². The van der Waals surface area contributed by atoms with Crippen LogP contribution in [0.5, 0.6) is 5.75 Å². The van der Waals surface area contributed by atoms with Crippen LogP contribution in [0, 0.1) is 5.92 Å². The number of carbonyl (C=O) groups is 4. The van der Waals surface area contributed by atoms with Crippen LogP contribution in [0.3, 0.4) is 0 Å². The highest BCUT2D eigenvalue weighted by Gasteiger charge is 2.28. The molecule has 0 bridgehead atoms. The van der Waals surface area contributed by atoms with Gasteiger partial charge in [-0.2, -0.15) is 0 Å². The largest absolute Gasteiger partial charge is 0.490 e. The summed E-state index contributed by atoms with van der Waals surface area (Å²) in [5.41, 5.74) is 6.45. The summed E-state index contributed by atoms with van der Waals surface area (Å²) in [6.45, 7) is 9.82. The third-order valence-corrected chi connectivity index (χ3v) is 5.49. The molecular weight excluding hydrogens is 462 g/mol. The summed E-state index contributed by atoms with van der Waals surface area (Å²) in [6, 6.07) is 6.02. The lowest BCUT2D eigenvalue weighted by Crippen LogP contribution is -2.45. The van der Waals surface area contributed by atoms with Gasteiger partial charge < -0.3 is 25.8 Å². The zero-order valence-corrected chi connectivity index (χ0v) is 21.1. The molecule has 0 aliphatic heterocycles. The molecule has 1 aromatic rings. The van der Waals surface area contributed by atoms with Crippen molar-refractivity contribution < 1.29 is 28.7 Å². The smallest absolute Gasteiger partial charge is 0.293 e. The predicted octanol–water partition coefficient (Wildman–Crippen LogP) is 2.24. The Morgan fingerprint density at radius 2 is 1.81 bits per heavy atom. The van der Waals surface area contributed by atoms with E-state index in [1.165, 1.54) is 6.92 Å². The number of ether oxygens (including phenoxy) is 2. The first-order valence-corrected chi connectivity index (χ1v) is 12.1. The van der Waals surface area contributed by atoms with E-state index in [-0.39, 0.29) is 37.0 Å². The topological polar surface area (TPSA) is 137 Å². The fourth-order valence-electron chi connectivity index (χ4n) is 3.69. The first kappa shape index (κ1) is 30.6. The van der Waals surface area contributed by atoms with Gasteiger partial charge in [0.25, 0.3) is 6.47 Å². The lowest BCUT2D eigenvalue weighted by atomic mass is 9.90. The molecule has 0 spiro atoms. The van der Waals surface area contributed by atoms with Crippen molar-refractivity contribution in [3.05, 3.63) is 55.1 Å². The van der Waals surface area contributed by atoms with Crippen molar-refractivity contribution in [2.75, 3.05) is 19.8 Å². The van der Waals surface area contributed by atoms with E-state index in [0.29, 0.717) is 44.6 Å². The number of hydrogen-bond donors (Lipinski definition) is 3. The Morgan fingerprint density at radius 1 is 1.08 bits per heavy atom. The molecule has 0 aliphatic carbocycles. The molecule has 0 radical (unpaired) electrons. The van der Waals surface area contributed by atoms with Crippen LogP contribution in [-0.2, 0) is 30.3 Å². The minimum Gasteiger partial charge on any atom is -0.490 e. The fourth-order valence-corrected chi connectivity index (χ4v) is 3.69. The van der Waals surface area contributed by atoms with Gasteiger partial charge in [-0.1, -0.05) is 37.3 Å². The zero-order valence-electron chi connectivity index (χ0n) is 21.1. The van der Waals surface area contributed by atoms with Gasteiger partial charge in [-0.25, -0.2) is 0 Å². The number of benzene rings is 1. The molecule has 0 aromatic heterocycles. The van der Waals surface area contributed by atoms with Crippen LogP contribution in [0.25, 0.3) is 0 Å². The number of Topliss-reactive ketones (excluding diaryl/α,β-unsaturated/α-hetero) is 1. The first-order chi connectivity index (χ1) is 17.3. The standard InChI is InChI=1S/C27H39N3O6/c1-4-8-23(18-35-19-31)30-27(34)22(9-6-7-14-28)17-26(33)25(29-20(3)32)16-21-10-12-24(13-11-21)36-15-5-2/h4-5,10-13,19,22-23,25H,1-2,6-9,14-18,28H2,3H3,(H,29,32)(H,30,34)/t22-,23-,25-/m0/s1. The second-order valence-electron chi connectivity index (χ2n) is 8.51. The Hall–Kier alpha value is -3.46. The van der Waals surface area contributed by atoms with Gasteiger partial charge in [-0.3, -0.25) is 19.2 Å². The van der Waals surface area contributed by atoms with Crippen LogP contribution in [0.1, 0.15) is 44.6 Å². The van der Waals surface area contributed by atoms with E-state index in [9.17, 15) is 19.2 Å². The van der Waals surface area contributed by atoms with Crippen molar-refractivity contribution in [1.82, 2.24) is 10.6 Å². The maximum atomic E-state index is 13.3. The zero-order chi connectivity index (χ0) is 26.8. The average Bonchev–Trinajstić information content (AvgIpc) is 2.85. The molecule has 198 valence electrons. The van der Waals surface area contributed by atoms with Gasteiger partial charge in [-0.05, 0) is 49.9 Å². The van der Waals surface area contributed by atoms with Gasteiger partial charge in [0.15, 0.2) is 5.78 Å². The molecule has 1 aromatic carbocycles. The Kier molecular flexibility index (Phi) is 15.2. The van der Waals surface area contributed by atoms with Gasteiger partial charge in [0.1, 0.15) is 19.0 Å². The summed E-state index contributed by atoms with van der Waals surface area (Å²) in [7, 11) is 0. The summed E-state index contributed by atoms with van der Waals surface area (Å²) in [5, 5.41) is 5.57. The predicted molar refractivity (Wildman–Crippen MR) is 138 cm³/mol. The number of rotatable bonds is 20. The van der Waals surface area contributed by atoms with Crippen LogP contribution in [0.2, 0.25) is 0 Å². The maximum absolute atomic E-state index is 13.3. The van der Waals surface area contributed by atoms with Crippen LogP contribution < -0.4 is 21.1 Å². The molecule has 0 saturated heterocycles. The second kappa shape index (κ2) is 17.9. The monoisotopic (exact) mass is 501 g/mol. The quantitative estimate of drug-likeness (QED) is 0.142. The van der Waals surface area contributed by atoms with E-state index in [1.807, 2.05) is 12.1 Å². The first-order valence-electron chi connectivity index (χ1n) is 12.1. The summed E-state index contributed by atoms with van der Waals surface area (Å²) in [6.07, 6.45) is 5.77. The highest BCUT2D eigenvalue weighted by Crippen LogP contribution is 2.18. The SMILES string of the molecule is C=CCOc1ccc(C[C@H](NC(C)=O)C(=O)C[C@H](CCCCN)C(=O)N[C@@H](CC=C)COC=O)cc1. The maximum Gasteiger partial charge on any atom is 0.293 e. The van der Waals surface area contributed by atoms with Crippen molar-refractivity contribution in [3.8, 4) is 5.75 Å². The number of nitrogens with two attached hydrogens (primary N) is 1. The molecule has 3 atom stereocenters. The highest BCUT2D eigenvalue weighted by molar-refractivity contribution is 5.92. The minimum atomic E-state index is -0.783.